The minimum Gasteiger partial charge on any atom is -0.497 e. The number of methoxy groups -OCH3 is 2. The molecule has 0 unspecified atom stereocenters. The number of anilines is 1. The first kappa shape index (κ1) is 40.7. The maximum Gasteiger partial charge on any atom is 0.352 e. The van der Waals surface area contributed by atoms with E-state index in [2.05, 4.69) is 26.4 Å². The molecule has 1 aliphatic heterocycles. The SMILES string of the molecule is COc1ccnc(Cn2c(C(=O)O)cc3c(OC)ccc(N4C[C@@H](C)n5c(c(CCCOc6cc(C)c(Cl)c(C)c6)c6ccc(Cl)c(-c7c(C)ncnc7C)c65)C4=O)c32)c1. The molecule has 0 saturated carbocycles. The smallest absolute Gasteiger partial charge is 0.352 e. The highest BCUT2D eigenvalue weighted by atomic mass is 35.5. The zero-order valence-corrected chi connectivity index (χ0v) is 35.9. The fourth-order valence-electron chi connectivity index (χ4n) is 8.66. The lowest BCUT2D eigenvalue weighted by molar-refractivity contribution is 0.0686. The Morgan fingerprint density at radius 1 is 0.867 bits per heavy atom. The van der Waals surface area contributed by atoms with Crippen molar-refractivity contribution < 1.29 is 28.9 Å². The Morgan fingerprint density at radius 2 is 1.60 bits per heavy atom. The zero-order valence-electron chi connectivity index (χ0n) is 34.4. The van der Waals surface area contributed by atoms with Crippen LogP contribution in [0.1, 0.15) is 74.1 Å². The number of carbonyl (C=O) groups is 2. The average molecular weight is 848 g/mol. The van der Waals surface area contributed by atoms with Gasteiger partial charge in [-0.3, -0.25) is 9.78 Å². The van der Waals surface area contributed by atoms with Crippen LogP contribution in [0.5, 0.6) is 17.2 Å². The molecule has 1 atom stereocenters. The minimum absolute atomic E-state index is 0.0221. The van der Waals surface area contributed by atoms with Gasteiger partial charge in [0.15, 0.2) is 0 Å². The van der Waals surface area contributed by atoms with Gasteiger partial charge in [-0.1, -0.05) is 29.3 Å². The normalized spacial score (nSPS) is 13.9. The van der Waals surface area contributed by atoms with Crippen molar-refractivity contribution in [2.24, 2.45) is 0 Å². The summed E-state index contributed by atoms with van der Waals surface area (Å²) in [6.45, 7) is 10.6. The van der Waals surface area contributed by atoms with Gasteiger partial charge < -0.3 is 33.4 Å². The lowest BCUT2D eigenvalue weighted by Crippen LogP contribution is -2.43. The summed E-state index contributed by atoms with van der Waals surface area (Å²) < 4.78 is 21.3. The number of carboxylic acids is 1. The number of halogens is 2. The van der Waals surface area contributed by atoms with Crippen LogP contribution in [-0.4, -0.2) is 68.4 Å². The van der Waals surface area contributed by atoms with Crippen LogP contribution in [0, 0.1) is 27.7 Å². The van der Waals surface area contributed by atoms with Gasteiger partial charge in [-0.25, -0.2) is 14.8 Å². The van der Waals surface area contributed by atoms with Gasteiger partial charge in [-0.05, 0) is 107 Å². The Labute approximate surface area is 357 Å². The standard InChI is InChI=1S/C46H44Cl2N6O6/c1-24-17-31(18-25(2)41(24)48)60-16-8-9-32-33-10-11-35(47)40(39-27(4)50-23-51-28(39)5)43(33)54-26(3)21-53(45(55)44(32)54)36-12-13-38(59-7)34-20-37(46(56)57)52(42(34)36)22-29-19-30(58-6)14-15-49-29/h10-15,17-20,23,26H,8-9,16,21-22H2,1-7H3,(H,56,57)/t26-/m1/s1. The first-order valence-corrected chi connectivity index (χ1v) is 20.4. The lowest BCUT2D eigenvalue weighted by atomic mass is 9.97. The molecule has 4 aromatic heterocycles. The number of hydrogen-bond donors (Lipinski definition) is 1. The molecule has 5 heterocycles. The van der Waals surface area contributed by atoms with E-state index in [9.17, 15) is 9.90 Å². The van der Waals surface area contributed by atoms with Gasteiger partial charge in [0.1, 0.15) is 35.0 Å². The van der Waals surface area contributed by atoms with Crippen LogP contribution < -0.4 is 19.1 Å². The van der Waals surface area contributed by atoms with Gasteiger partial charge in [-0.15, -0.1) is 0 Å². The molecule has 0 radical (unpaired) electrons. The maximum absolute atomic E-state index is 15.5. The van der Waals surface area contributed by atoms with Gasteiger partial charge in [0.25, 0.3) is 5.91 Å². The van der Waals surface area contributed by atoms with E-state index >= 15 is 4.79 Å². The number of nitrogens with zero attached hydrogens (tertiary/aromatic N) is 6. The van der Waals surface area contributed by atoms with Gasteiger partial charge in [0, 0.05) is 63.2 Å². The van der Waals surface area contributed by atoms with E-state index in [0.717, 1.165) is 55.9 Å². The average Bonchev–Trinajstić information content (AvgIpc) is 3.77. The third-order valence-corrected chi connectivity index (χ3v) is 12.3. The van der Waals surface area contributed by atoms with E-state index in [1.54, 1.807) is 53.4 Å². The molecule has 12 nitrogen and oxygen atoms in total. The van der Waals surface area contributed by atoms with Crippen LogP contribution >= 0.6 is 23.2 Å². The van der Waals surface area contributed by atoms with Crippen molar-refractivity contribution in [3.63, 3.8) is 0 Å². The number of carbonyl (C=O) groups excluding carboxylic acids is 1. The van der Waals surface area contributed by atoms with Crippen molar-refractivity contribution in [3.8, 4) is 28.4 Å². The molecule has 308 valence electrons. The molecule has 0 saturated heterocycles. The number of aromatic carboxylic acids is 1. The number of ether oxygens (including phenoxy) is 3. The Bertz CT molecular complexity index is 2820. The van der Waals surface area contributed by atoms with E-state index < -0.39 is 5.97 Å². The van der Waals surface area contributed by atoms with Crippen LogP contribution in [-0.2, 0) is 13.0 Å². The van der Waals surface area contributed by atoms with Crippen LogP contribution in [0.3, 0.4) is 0 Å². The molecule has 0 spiro atoms. The summed E-state index contributed by atoms with van der Waals surface area (Å²) in [4.78, 5) is 43.7. The molecule has 60 heavy (non-hydrogen) atoms. The molecule has 1 aliphatic rings. The Morgan fingerprint density at radius 3 is 2.28 bits per heavy atom. The quantitative estimate of drug-likeness (QED) is 0.119. The van der Waals surface area contributed by atoms with Crippen molar-refractivity contribution in [1.29, 1.82) is 0 Å². The monoisotopic (exact) mass is 846 g/mol. The molecule has 0 fully saturated rings. The van der Waals surface area contributed by atoms with Gasteiger partial charge >= 0.3 is 5.97 Å². The molecule has 7 aromatic rings. The third kappa shape index (κ3) is 6.97. The molecule has 8 rings (SSSR count). The van der Waals surface area contributed by atoms with Gasteiger partial charge in [-0.2, -0.15) is 0 Å². The highest BCUT2D eigenvalue weighted by molar-refractivity contribution is 6.35. The topological polar surface area (TPSA) is 134 Å². The summed E-state index contributed by atoms with van der Waals surface area (Å²) in [7, 11) is 3.10. The number of rotatable bonds is 12. The molecule has 1 amide bonds. The lowest BCUT2D eigenvalue weighted by Gasteiger charge is -2.35. The van der Waals surface area contributed by atoms with Crippen LogP contribution in [0.2, 0.25) is 10.0 Å². The number of aryl methyl sites for hydroxylation is 5. The van der Waals surface area contributed by atoms with Crippen molar-refractivity contribution >= 4 is 62.6 Å². The highest BCUT2D eigenvalue weighted by Crippen LogP contribution is 2.46. The Balaban J connectivity index is 1.30. The predicted molar refractivity (Wildman–Crippen MR) is 234 cm³/mol. The van der Waals surface area contributed by atoms with E-state index in [4.69, 9.17) is 37.4 Å². The van der Waals surface area contributed by atoms with Crippen molar-refractivity contribution in [2.75, 3.05) is 32.3 Å². The number of pyridine rings is 1. The van der Waals surface area contributed by atoms with E-state index in [1.807, 2.05) is 58.0 Å². The molecule has 0 aliphatic carbocycles. The first-order chi connectivity index (χ1) is 28.8. The number of fused-ring (bicyclic) bond motifs is 4. The first-order valence-electron chi connectivity index (χ1n) is 19.6. The van der Waals surface area contributed by atoms with E-state index in [-0.39, 0.29) is 30.7 Å². The molecule has 1 N–H and O–H groups in total. The number of hydrogen-bond acceptors (Lipinski definition) is 8. The molecule has 0 bridgehead atoms. The summed E-state index contributed by atoms with van der Waals surface area (Å²) in [5.41, 5.74) is 8.89. The largest absolute Gasteiger partial charge is 0.497 e. The zero-order chi connectivity index (χ0) is 42.6. The number of benzene rings is 3. The summed E-state index contributed by atoms with van der Waals surface area (Å²) >= 11 is 13.6. The summed E-state index contributed by atoms with van der Waals surface area (Å²) in [6, 6.07) is 16.2. The fourth-order valence-corrected chi connectivity index (χ4v) is 9.02. The van der Waals surface area contributed by atoms with Gasteiger partial charge in [0.05, 0.1) is 54.8 Å². The summed E-state index contributed by atoms with van der Waals surface area (Å²) in [6.07, 6.45) is 4.27. The second-order valence-electron chi connectivity index (χ2n) is 15.2. The van der Waals surface area contributed by atoms with Gasteiger partial charge in [0.2, 0.25) is 0 Å². The summed E-state index contributed by atoms with van der Waals surface area (Å²) in [5.74, 6) is 0.423. The minimum atomic E-state index is -1.13. The predicted octanol–water partition coefficient (Wildman–Crippen LogP) is 9.99. The number of aromatic nitrogens is 5. The Hall–Kier alpha value is -6.11. The molecule has 14 heteroatoms. The van der Waals surface area contributed by atoms with Crippen LogP contribution in [0.15, 0.2) is 67.1 Å². The summed E-state index contributed by atoms with van der Waals surface area (Å²) in [5, 5.41) is 13.2. The fraction of sp³-hybridized carbons (Fsp3) is 0.283. The second kappa shape index (κ2) is 16.2. The van der Waals surface area contributed by atoms with Crippen molar-refractivity contribution in [2.45, 2.75) is 60.0 Å². The second-order valence-corrected chi connectivity index (χ2v) is 16.0. The van der Waals surface area contributed by atoms with Crippen LogP contribution in [0.4, 0.5) is 5.69 Å². The third-order valence-electron chi connectivity index (χ3n) is 11.4. The Kier molecular flexibility index (Phi) is 10.9. The number of carboxylic acid groups (broad SMARTS) is 1. The molecule has 3 aromatic carbocycles. The van der Waals surface area contributed by atoms with Crippen LogP contribution in [0.25, 0.3) is 32.9 Å². The number of amides is 1. The van der Waals surface area contributed by atoms with Crippen molar-refractivity contribution in [1.82, 2.24) is 24.1 Å². The van der Waals surface area contributed by atoms with E-state index in [0.29, 0.717) is 69.0 Å². The maximum atomic E-state index is 15.5. The highest BCUT2D eigenvalue weighted by Gasteiger charge is 2.38. The molecular formula is C46H44Cl2N6O6. The van der Waals surface area contributed by atoms with Crippen molar-refractivity contribution in [3.05, 3.63) is 122 Å². The van der Waals surface area contributed by atoms with E-state index in [1.165, 1.54) is 7.11 Å². The molecular weight excluding hydrogens is 803 g/mol.